The van der Waals surface area contributed by atoms with Gasteiger partial charge in [-0.25, -0.2) is 0 Å². The van der Waals surface area contributed by atoms with Gasteiger partial charge in [0.1, 0.15) is 5.75 Å². The summed E-state index contributed by atoms with van der Waals surface area (Å²) in [4.78, 5) is 4.55. The van der Waals surface area contributed by atoms with Crippen LogP contribution in [0.15, 0.2) is 53.5 Å². The van der Waals surface area contributed by atoms with Gasteiger partial charge < -0.3 is 4.74 Å². The van der Waals surface area contributed by atoms with Crippen LogP contribution in [0.2, 0.25) is 0 Å². The van der Waals surface area contributed by atoms with E-state index in [1.807, 2.05) is 30.5 Å². The van der Waals surface area contributed by atoms with E-state index in [9.17, 15) is 0 Å². The minimum atomic E-state index is 0.804. The molecule has 26 heavy (non-hydrogen) atoms. The highest BCUT2D eigenvalue weighted by molar-refractivity contribution is 5.81. The molecule has 0 saturated heterocycles. The van der Waals surface area contributed by atoms with Gasteiger partial charge in [-0.05, 0) is 48.2 Å². The van der Waals surface area contributed by atoms with Gasteiger partial charge in [-0.3, -0.25) is 4.99 Å². The molecule has 2 heteroatoms. The van der Waals surface area contributed by atoms with Crippen LogP contribution in [-0.2, 0) is 6.42 Å². The SMILES string of the molecule is CCCCCCCCOc1ccc(N=Cc2ccc(CCC)cc2)cc1. The molecule has 0 aliphatic rings. The van der Waals surface area contributed by atoms with Crippen LogP contribution in [0.5, 0.6) is 5.75 Å². The monoisotopic (exact) mass is 351 g/mol. The summed E-state index contributed by atoms with van der Waals surface area (Å²) in [6, 6.07) is 16.7. The van der Waals surface area contributed by atoms with E-state index < -0.39 is 0 Å². The molecule has 2 aromatic rings. The maximum absolute atomic E-state index is 5.81. The fourth-order valence-electron chi connectivity index (χ4n) is 2.91. The molecule has 0 heterocycles. The van der Waals surface area contributed by atoms with Gasteiger partial charge in [0.05, 0.1) is 12.3 Å². The Morgan fingerprint density at radius 1 is 0.769 bits per heavy atom. The molecule has 0 N–H and O–H groups in total. The minimum absolute atomic E-state index is 0.804. The first-order chi connectivity index (χ1) is 12.8. The van der Waals surface area contributed by atoms with Crippen LogP contribution < -0.4 is 4.74 Å². The molecule has 0 aliphatic carbocycles. The van der Waals surface area contributed by atoms with E-state index in [4.69, 9.17) is 4.74 Å². The number of ether oxygens (including phenoxy) is 1. The minimum Gasteiger partial charge on any atom is -0.494 e. The van der Waals surface area contributed by atoms with Crippen molar-refractivity contribution in [2.24, 2.45) is 4.99 Å². The summed E-state index contributed by atoms with van der Waals surface area (Å²) < 4.78 is 5.81. The molecule has 0 spiro atoms. The molecule has 0 bridgehead atoms. The predicted octanol–water partition coefficient (Wildman–Crippen LogP) is 7.13. The molecule has 0 unspecified atom stereocenters. The van der Waals surface area contributed by atoms with Crippen molar-refractivity contribution in [2.75, 3.05) is 6.61 Å². The second-order valence-corrected chi connectivity index (χ2v) is 6.86. The lowest BCUT2D eigenvalue weighted by molar-refractivity contribution is 0.304. The lowest BCUT2D eigenvalue weighted by Crippen LogP contribution is -1.96. The molecule has 2 nitrogen and oxygen atoms in total. The zero-order chi connectivity index (χ0) is 18.5. The zero-order valence-electron chi connectivity index (χ0n) is 16.4. The maximum Gasteiger partial charge on any atom is 0.119 e. The van der Waals surface area contributed by atoms with Crippen LogP contribution in [0.1, 0.15) is 69.9 Å². The summed E-state index contributed by atoms with van der Waals surface area (Å²) in [6.07, 6.45) is 12.0. The quantitative estimate of drug-likeness (QED) is 0.294. The van der Waals surface area contributed by atoms with Gasteiger partial charge in [0.25, 0.3) is 0 Å². The molecule has 0 radical (unpaired) electrons. The first-order valence-electron chi connectivity index (χ1n) is 10.2. The molecule has 0 fully saturated rings. The lowest BCUT2D eigenvalue weighted by atomic mass is 10.1. The summed E-state index contributed by atoms with van der Waals surface area (Å²) in [5.41, 5.74) is 3.47. The van der Waals surface area contributed by atoms with Crippen molar-refractivity contribution in [1.82, 2.24) is 0 Å². The molecule has 0 saturated carbocycles. The third kappa shape index (κ3) is 7.86. The van der Waals surface area contributed by atoms with E-state index in [1.54, 1.807) is 0 Å². The highest BCUT2D eigenvalue weighted by Crippen LogP contribution is 2.19. The highest BCUT2D eigenvalue weighted by atomic mass is 16.5. The number of benzene rings is 2. The van der Waals surface area contributed by atoms with Gasteiger partial charge in [0.2, 0.25) is 0 Å². The number of rotatable bonds is 12. The first-order valence-corrected chi connectivity index (χ1v) is 10.2. The van der Waals surface area contributed by atoms with Gasteiger partial charge in [0.15, 0.2) is 0 Å². The lowest BCUT2D eigenvalue weighted by Gasteiger charge is -2.06. The molecule has 2 rings (SSSR count). The number of hydrogen-bond acceptors (Lipinski definition) is 2. The van der Waals surface area contributed by atoms with Gasteiger partial charge in [-0.1, -0.05) is 76.6 Å². The second-order valence-electron chi connectivity index (χ2n) is 6.86. The van der Waals surface area contributed by atoms with Crippen LogP contribution in [0.25, 0.3) is 0 Å². The Morgan fingerprint density at radius 3 is 2.15 bits per heavy atom. The predicted molar refractivity (Wildman–Crippen MR) is 113 cm³/mol. The van der Waals surface area contributed by atoms with E-state index in [0.29, 0.717) is 0 Å². The Kier molecular flexibility index (Phi) is 9.56. The Balaban J connectivity index is 1.72. The molecule has 2 aromatic carbocycles. The van der Waals surface area contributed by atoms with E-state index >= 15 is 0 Å². The number of aliphatic imine (C=N–C) groups is 1. The van der Waals surface area contributed by atoms with Gasteiger partial charge in [-0.2, -0.15) is 0 Å². The summed E-state index contributed by atoms with van der Waals surface area (Å²) in [5.74, 6) is 0.932. The van der Waals surface area contributed by atoms with Crippen LogP contribution in [0.3, 0.4) is 0 Å². The van der Waals surface area contributed by atoms with Gasteiger partial charge in [-0.15, -0.1) is 0 Å². The summed E-state index contributed by atoms with van der Waals surface area (Å²) >= 11 is 0. The van der Waals surface area contributed by atoms with E-state index in [1.165, 1.54) is 44.1 Å². The Bertz CT molecular complexity index is 628. The normalized spacial score (nSPS) is 11.2. The van der Waals surface area contributed by atoms with E-state index in [-0.39, 0.29) is 0 Å². The third-order valence-electron chi connectivity index (χ3n) is 4.48. The van der Waals surface area contributed by atoms with Crippen molar-refractivity contribution in [3.05, 3.63) is 59.7 Å². The van der Waals surface area contributed by atoms with E-state index in [0.717, 1.165) is 36.4 Å². The fourth-order valence-corrected chi connectivity index (χ4v) is 2.91. The smallest absolute Gasteiger partial charge is 0.119 e. The molecule has 0 amide bonds. The number of hydrogen-bond donors (Lipinski definition) is 0. The highest BCUT2D eigenvalue weighted by Gasteiger charge is 1.96. The molecule has 0 atom stereocenters. The topological polar surface area (TPSA) is 21.6 Å². The summed E-state index contributed by atoms with van der Waals surface area (Å²) in [5, 5.41) is 0. The van der Waals surface area contributed by atoms with Crippen LogP contribution >= 0.6 is 0 Å². The molecular formula is C24H33NO. The van der Waals surface area contributed by atoms with Gasteiger partial charge >= 0.3 is 0 Å². The number of unbranched alkanes of at least 4 members (excludes halogenated alkanes) is 5. The van der Waals surface area contributed by atoms with Crippen molar-refractivity contribution in [3.8, 4) is 5.75 Å². The van der Waals surface area contributed by atoms with Crippen LogP contribution in [0.4, 0.5) is 5.69 Å². The molecule has 140 valence electrons. The average Bonchev–Trinajstić information content (AvgIpc) is 2.68. The number of aryl methyl sites for hydroxylation is 1. The fraction of sp³-hybridized carbons (Fsp3) is 0.458. The Labute approximate surface area is 159 Å². The van der Waals surface area contributed by atoms with Crippen molar-refractivity contribution in [2.45, 2.75) is 65.2 Å². The number of nitrogens with zero attached hydrogens (tertiary/aromatic N) is 1. The maximum atomic E-state index is 5.81. The van der Waals surface area contributed by atoms with E-state index in [2.05, 4.69) is 43.1 Å². The van der Waals surface area contributed by atoms with Crippen molar-refractivity contribution >= 4 is 11.9 Å². The standard InChI is InChI=1S/C24H33NO/c1-3-5-6-7-8-9-19-26-24-17-15-23(16-18-24)25-20-22-13-11-21(10-4-2)12-14-22/h11-18,20H,3-10,19H2,1-2H3. The molecular weight excluding hydrogens is 318 g/mol. The summed E-state index contributed by atoms with van der Waals surface area (Å²) in [7, 11) is 0. The Hall–Kier alpha value is -2.09. The average molecular weight is 352 g/mol. The van der Waals surface area contributed by atoms with Gasteiger partial charge in [0, 0.05) is 6.21 Å². The summed E-state index contributed by atoms with van der Waals surface area (Å²) in [6.45, 7) is 5.26. The zero-order valence-corrected chi connectivity index (χ0v) is 16.4. The third-order valence-corrected chi connectivity index (χ3v) is 4.48. The van der Waals surface area contributed by atoms with Crippen LogP contribution in [0, 0.1) is 0 Å². The molecule has 0 aromatic heterocycles. The first kappa shape index (κ1) is 20.2. The molecule has 0 aliphatic heterocycles. The van der Waals surface area contributed by atoms with Crippen molar-refractivity contribution < 1.29 is 4.74 Å². The van der Waals surface area contributed by atoms with Crippen molar-refractivity contribution in [1.29, 1.82) is 0 Å². The van der Waals surface area contributed by atoms with Crippen LogP contribution in [-0.4, -0.2) is 12.8 Å². The second kappa shape index (κ2) is 12.3. The Morgan fingerprint density at radius 2 is 1.46 bits per heavy atom. The van der Waals surface area contributed by atoms with Crippen molar-refractivity contribution in [3.63, 3.8) is 0 Å². The largest absolute Gasteiger partial charge is 0.494 e.